The highest BCUT2D eigenvalue weighted by molar-refractivity contribution is 5.96. The van der Waals surface area contributed by atoms with Crippen LogP contribution in [0.5, 0.6) is 0 Å². The van der Waals surface area contributed by atoms with Crippen molar-refractivity contribution in [1.29, 1.82) is 0 Å². The van der Waals surface area contributed by atoms with E-state index in [-0.39, 0.29) is 29.7 Å². The monoisotopic (exact) mass is 471 g/mol. The Bertz CT molecular complexity index is 1250. The smallest absolute Gasteiger partial charge is 0.251 e. The summed E-state index contributed by atoms with van der Waals surface area (Å²) in [6, 6.07) is 14.0. The van der Waals surface area contributed by atoms with Crippen LogP contribution < -0.4 is 11.1 Å². The number of hydrogen-bond acceptors (Lipinski definition) is 5. The van der Waals surface area contributed by atoms with Crippen molar-refractivity contribution in [2.24, 2.45) is 11.7 Å². The second kappa shape index (κ2) is 10.3. The van der Waals surface area contributed by atoms with E-state index < -0.39 is 0 Å². The first-order valence-electron chi connectivity index (χ1n) is 12.7. The Morgan fingerprint density at radius 1 is 1.06 bits per heavy atom. The van der Waals surface area contributed by atoms with Crippen molar-refractivity contribution in [1.82, 2.24) is 10.3 Å². The van der Waals surface area contributed by atoms with Gasteiger partial charge in [-0.15, -0.1) is 0 Å². The van der Waals surface area contributed by atoms with E-state index in [1.165, 1.54) is 0 Å². The van der Waals surface area contributed by atoms with Crippen LogP contribution in [0.25, 0.3) is 21.9 Å². The van der Waals surface area contributed by atoms with Gasteiger partial charge in [0, 0.05) is 48.0 Å². The molecule has 1 saturated carbocycles. The number of ether oxygens (including phenoxy) is 1. The van der Waals surface area contributed by atoms with Crippen LogP contribution in [-0.2, 0) is 16.0 Å². The van der Waals surface area contributed by atoms with Gasteiger partial charge in [0.1, 0.15) is 0 Å². The molecular formula is C29H33N3O3. The van der Waals surface area contributed by atoms with Crippen LogP contribution in [0, 0.1) is 12.8 Å². The Balaban J connectivity index is 1.31. The molecule has 1 unspecified atom stereocenters. The molecule has 6 nitrogen and oxygen atoms in total. The predicted octanol–water partition coefficient (Wildman–Crippen LogP) is 4.36. The molecule has 1 aliphatic heterocycles. The molecule has 1 atom stereocenters. The van der Waals surface area contributed by atoms with Crippen LogP contribution in [0.4, 0.5) is 0 Å². The summed E-state index contributed by atoms with van der Waals surface area (Å²) in [5.74, 6) is 0.362. The number of aryl methyl sites for hydroxylation is 2. The van der Waals surface area contributed by atoms with Gasteiger partial charge >= 0.3 is 0 Å². The molecule has 2 aliphatic rings. The largest absolute Gasteiger partial charge is 0.381 e. The number of amides is 1. The van der Waals surface area contributed by atoms with Gasteiger partial charge in [-0.05, 0) is 91.8 Å². The summed E-state index contributed by atoms with van der Waals surface area (Å²) in [6.07, 6.45) is 6.91. The number of nitrogens with zero attached hydrogens (tertiary/aromatic N) is 1. The van der Waals surface area contributed by atoms with E-state index in [0.717, 1.165) is 58.8 Å². The van der Waals surface area contributed by atoms with Crippen LogP contribution in [0.3, 0.4) is 0 Å². The highest BCUT2D eigenvalue weighted by Crippen LogP contribution is 2.31. The highest BCUT2D eigenvalue weighted by atomic mass is 16.5. The van der Waals surface area contributed by atoms with Gasteiger partial charge in [-0.2, -0.15) is 0 Å². The van der Waals surface area contributed by atoms with Gasteiger partial charge in [-0.3, -0.25) is 14.6 Å². The summed E-state index contributed by atoms with van der Waals surface area (Å²) in [4.78, 5) is 29.6. The van der Waals surface area contributed by atoms with Crippen LogP contribution in [0.1, 0.15) is 53.7 Å². The first-order valence-corrected chi connectivity index (χ1v) is 12.7. The Kier molecular flexibility index (Phi) is 6.93. The lowest BCUT2D eigenvalue weighted by atomic mass is 9.95. The molecule has 2 fully saturated rings. The molecule has 182 valence electrons. The number of carbonyl (C=O) groups excluding carboxylic acids is 2. The zero-order valence-corrected chi connectivity index (χ0v) is 20.3. The minimum atomic E-state index is -0.388. The third-order valence-corrected chi connectivity index (χ3v) is 7.20. The normalized spacial score (nSPS) is 17.3. The lowest BCUT2D eigenvalue weighted by molar-refractivity contribution is -0.121. The number of pyridine rings is 1. The van der Waals surface area contributed by atoms with Crippen LogP contribution >= 0.6 is 0 Å². The van der Waals surface area contributed by atoms with Gasteiger partial charge in [0.05, 0.1) is 6.04 Å². The molecule has 1 aromatic heterocycles. The van der Waals surface area contributed by atoms with Gasteiger partial charge in [0.15, 0.2) is 5.78 Å². The standard InChI is InChI=1S/C29H33N3O3/c1-18-2-3-22(29(34)32-24-10-12-35-13-11-24)16-26(18)21-7-6-20-15-25(31-17-23(20)14-21)8-9-27(30)28(33)19-4-5-19/h2-3,6-7,14-17,19,24,27H,4-5,8-13,30H2,1H3,(H,32,34). The fourth-order valence-electron chi connectivity index (χ4n) is 4.79. The molecule has 3 aromatic rings. The van der Waals surface area contributed by atoms with E-state index in [1.807, 2.05) is 24.4 Å². The summed E-state index contributed by atoms with van der Waals surface area (Å²) in [6.45, 7) is 3.46. The maximum atomic E-state index is 12.9. The Labute approximate surface area is 206 Å². The molecule has 0 radical (unpaired) electrons. The summed E-state index contributed by atoms with van der Waals surface area (Å²) in [5, 5.41) is 5.29. The van der Waals surface area contributed by atoms with Crippen LogP contribution in [-0.4, -0.2) is 42.0 Å². The van der Waals surface area contributed by atoms with Crippen molar-refractivity contribution in [3.63, 3.8) is 0 Å². The summed E-state index contributed by atoms with van der Waals surface area (Å²) < 4.78 is 5.39. The van der Waals surface area contributed by atoms with Crippen molar-refractivity contribution in [3.05, 3.63) is 65.5 Å². The summed E-state index contributed by atoms with van der Waals surface area (Å²) in [5.41, 5.74) is 10.9. The Morgan fingerprint density at radius 2 is 1.86 bits per heavy atom. The van der Waals surface area contributed by atoms with Gasteiger partial charge in [-0.1, -0.05) is 18.2 Å². The van der Waals surface area contributed by atoms with Crippen molar-refractivity contribution in [3.8, 4) is 11.1 Å². The van der Waals surface area contributed by atoms with Crippen LogP contribution in [0.15, 0.2) is 48.7 Å². The third kappa shape index (κ3) is 5.60. The number of nitrogens with one attached hydrogen (secondary N) is 1. The van der Waals surface area contributed by atoms with Gasteiger partial charge < -0.3 is 15.8 Å². The molecule has 0 spiro atoms. The number of benzene rings is 2. The minimum absolute atomic E-state index is 0.0383. The van der Waals surface area contributed by atoms with Crippen molar-refractivity contribution in [2.45, 2.75) is 57.5 Å². The molecule has 0 bridgehead atoms. The molecule has 1 aliphatic carbocycles. The Hall–Kier alpha value is -3.09. The predicted molar refractivity (Wildman–Crippen MR) is 137 cm³/mol. The molecule has 1 amide bonds. The highest BCUT2D eigenvalue weighted by Gasteiger charge is 2.32. The number of fused-ring (bicyclic) bond motifs is 1. The number of Topliss-reactive ketones (excluding diaryl/α,β-unsaturated/α-hetero) is 1. The zero-order valence-electron chi connectivity index (χ0n) is 20.3. The lowest BCUT2D eigenvalue weighted by Gasteiger charge is -2.23. The average Bonchev–Trinajstić information content (AvgIpc) is 3.73. The first-order chi connectivity index (χ1) is 17.0. The van der Waals surface area contributed by atoms with E-state index in [0.29, 0.717) is 31.6 Å². The van der Waals surface area contributed by atoms with Crippen molar-refractivity contribution >= 4 is 22.5 Å². The molecule has 35 heavy (non-hydrogen) atoms. The molecule has 2 aromatic carbocycles. The third-order valence-electron chi connectivity index (χ3n) is 7.20. The van der Waals surface area contributed by atoms with Gasteiger partial charge in [0.25, 0.3) is 5.91 Å². The van der Waals surface area contributed by atoms with E-state index in [9.17, 15) is 9.59 Å². The number of aromatic nitrogens is 1. The number of hydrogen-bond donors (Lipinski definition) is 2. The fraction of sp³-hybridized carbons (Fsp3) is 0.414. The number of carbonyl (C=O) groups is 2. The second-order valence-electron chi connectivity index (χ2n) is 9.95. The lowest BCUT2D eigenvalue weighted by Crippen LogP contribution is -2.38. The van der Waals surface area contributed by atoms with E-state index >= 15 is 0 Å². The van der Waals surface area contributed by atoms with Gasteiger partial charge in [0.2, 0.25) is 0 Å². The average molecular weight is 472 g/mol. The second-order valence-corrected chi connectivity index (χ2v) is 9.95. The zero-order chi connectivity index (χ0) is 24.4. The number of rotatable bonds is 8. The molecule has 3 N–H and O–H groups in total. The van der Waals surface area contributed by atoms with Crippen molar-refractivity contribution < 1.29 is 14.3 Å². The Morgan fingerprint density at radius 3 is 2.63 bits per heavy atom. The topological polar surface area (TPSA) is 94.3 Å². The SMILES string of the molecule is Cc1ccc(C(=O)NC2CCOCC2)cc1-c1ccc2cc(CCC(N)C(=O)C3CC3)ncc2c1. The maximum Gasteiger partial charge on any atom is 0.251 e. The number of nitrogens with two attached hydrogens (primary N) is 1. The molecule has 2 heterocycles. The summed E-state index contributed by atoms with van der Waals surface area (Å²) >= 11 is 0. The van der Waals surface area contributed by atoms with E-state index in [1.54, 1.807) is 0 Å². The summed E-state index contributed by atoms with van der Waals surface area (Å²) in [7, 11) is 0. The maximum absolute atomic E-state index is 12.9. The van der Waals surface area contributed by atoms with Crippen molar-refractivity contribution in [2.75, 3.05) is 13.2 Å². The molecule has 5 rings (SSSR count). The minimum Gasteiger partial charge on any atom is -0.381 e. The molecular weight excluding hydrogens is 438 g/mol. The quantitative estimate of drug-likeness (QED) is 0.509. The first kappa shape index (κ1) is 23.6. The van der Waals surface area contributed by atoms with Gasteiger partial charge in [-0.25, -0.2) is 0 Å². The number of ketones is 1. The van der Waals surface area contributed by atoms with E-state index in [4.69, 9.17) is 10.5 Å². The van der Waals surface area contributed by atoms with Crippen LogP contribution in [0.2, 0.25) is 0 Å². The molecule has 1 saturated heterocycles. The molecule has 6 heteroatoms. The fourth-order valence-corrected chi connectivity index (χ4v) is 4.79. The van der Waals surface area contributed by atoms with E-state index in [2.05, 4.69) is 41.5 Å².